The Morgan fingerprint density at radius 2 is 1.55 bits per heavy atom. The molecule has 16 heteroatoms. The molecule has 4 aromatic heterocycles. The van der Waals surface area contributed by atoms with Gasteiger partial charge in [0.05, 0.1) is 22.5 Å². The summed E-state index contributed by atoms with van der Waals surface area (Å²) >= 11 is 1.25. The Kier molecular flexibility index (Phi) is 5.77. The van der Waals surface area contributed by atoms with E-state index in [1.807, 2.05) is 0 Å². The molecule has 38 heavy (non-hydrogen) atoms. The molecule has 4 heterocycles. The van der Waals surface area contributed by atoms with Gasteiger partial charge in [0.25, 0.3) is 0 Å². The van der Waals surface area contributed by atoms with Gasteiger partial charge in [-0.1, -0.05) is 0 Å². The highest BCUT2D eigenvalue weighted by atomic mass is 32.1. The van der Waals surface area contributed by atoms with Crippen molar-refractivity contribution in [3.63, 3.8) is 0 Å². The molecule has 0 aliphatic rings. The number of aromatic nitrogens is 6. The third kappa shape index (κ3) is 4.48. The molecule has 0 aliphatic heterocycles. The molecule has 198 valence electrons. The van der Waals surface area contributed by atoms with E-state index in [9.17, 15) is 39.5 Å². The molecule has 0 saturated carbocycles. The van der Waals surface area contributed by atoms with Gasteiger partial charge in [-0.3, -0.25) is 4.57 Å². The topological polar surface area (TPSA) is 61.4 Å². The lowest BCUT2D eigenvalue weighted by Gasteiger charge is -2.19. The summed E-state index contributed by atoms with van der Waals surface area (Å²) in [6, 6.07) is 3.20. The second-order valence-electron chi connectivity index (χ2n) is 7.93. The number of fused-ring (bicyclic) bond motifs is 1. The largest absolute Gasteiger partial charge is 0.450 e. The Balaban J connectivity index is 1.82. The summed E-state index contributed by atoms with van der Waals surface area (Å²) in [5, 5.41) is 6.47. The van der Waals surface area contributed by atoms with Crippen LogP contribution in [0.1, 0.15) is 22.6 Å². The van der Waals surface area contributed by atoms with Crippen molar-refractivity contribution >= 4 is 22.5 Å². The minimum atomic E-state index is -5.44. The second-order valence-corrected chi connectivity index (χ2v) is 8.83. The lowest BCUT2D eigenvalue weighted by atomic mass is 10.1. The van der Waals surface area contributed by atoms with Crippen LogP contribution >= 0.6 is 11.3 Å². The molecule has 6 nitrogen and oxygen atoms in total. The van der Waals surface area contributed by atoms with Gasteiger partial charge in [-0.25, -0.2) is 19.6 Å². The molecule has 0 amide bonds. The highest BCUT2D eigenvalue weighted by Gasteiger charge is 2.43. The number of nitrogens with zero attached hydrogens (tertiary/aromatic N) is 6. The monoisotopic (exact) mass is 562 g/mol. The summed E-state index contributed by atoms with van der Waals surface area (Å²) in [6.07, 6.45) is -13.0. The molecule has 0 aliphatic carbocycles. The molecule has 1 aromatic carbocycles. The minimum absolute atomic E-state index is 0.0416. The molecule has 0 atom stereocenters. The average Bonchev–Trinajstić information content (AvgIpc) is 3.55. The van der Waals surface area contributed by atoms with Crippen LogP contribution in [-0.2, 0) is 18.5 Å². The molecule has 0 spiro atoms. The van der Waals surface area contributed by atoms with Gasteiger partial charge in [0, 0.05) is 23.5 Å². The summed E-state index contributed by atoms with van der Waals surface area (Å²) < 4.78 is 125. The van der Waals surface area contributed by atoms with E-state index in [0.29, 0.717) is 16.8 Å². The summed E-state index contributed by atoms with van der Waals surface area (Å²) in [5.74, 6) is -1.80. The normalized spacial score (nSPS) is 13.0. The molecule has 0 N–H and O–H groups in total. The second kappa shape index (κ2) is 8.54. The molecule has 0 radical (unpaired) electrons. The summed E-state index contributed by atoms with van der Waals surface area (Å²) in [5.41, 5.74) is -5.52. The maximum atomic E-state index is 14.1. The summed E-state index contributed by atoms with van der Waals surface area (Å²) in [4.78, 5) is 11.6. The zero-order valence-electron chi connectivity index (χ0n) is 18.6. The predicted molar refractivity (Wildman–Crippen MR) is 117 cm³/mol. The van der Waals surface area contributed by atoms with Crippen LogP contribution in [-0.4, -0.2) is 29.3 Å². The Labute approximate surface area is 210 Å². The highest BCUT2D eigenvalue weighted by Crippen LogP contribution is 2.42. The van der Waals surface area contributed by atoms with Gasteiger partial charge < -0.3 is 0 Å². The molecular weight excluding hydrogens is 551 g/mol. The number of hydrogen-bond acceptors (Lipinski definition) is 5. The molecule has 0 fully saturated rings. The van der Waals surface area contributed by atoms with Gasteiger partial charge >= 0.3 is 18.5 Å². The standard InChI is InChI=1S/C22H11F9N6S/c1-10-8-15(36-6-4-13(35-36)18-32-5-7-38-18)16-17(33-10)37(19(34-16)22(29,30)31)14-3-2-11(20(23,24)25)9-12(14)21(26,27)28/h2-9H,1H3. The van der Waals surface area contributed by atoms with Gasteiger partial charge in [-0.15, -0.1) is 11.3 Å². The number of thiazole rings is 1. The van der Waals surface area contributed by atoms with Crippen LogP contribution in [0.25, 0.3) is 33.2 Å². The molecule has 0 unspecified atom stereocenters. The first kappa shape index (κ1) is 25.7. The first-order valence-electron chi connectivity index (χ1n) is 10.4. The zero-order chi connectivity index (χ0) is 27.6. The van der Waals surface area contributed by atoms with Crippen molar-refractivity contribution in [3.8, 4) is 22.1 Å². The van der Waals surface area contributed by atoms with E-state index in [1.54, 1.807) is 5.38 Å². The van der Waals surface area contributed by atoms with Crippen LogP contribution in [0, 0.1) is 6.92 Å². The minimum Gasteiger partial charge on any atom is -0.272 e. The molecule has 0 bridgehead atoms. The maximum absolute atomic E-state index is 14.1. The van der Waals surface area contributed by atoms with E-state index in [2.05, 4.69) is 20.1 Å². The SMILES string of the molecule is Cc1cc(-n2ccc(-c3nccs3)n2)c2nc(C(F)(F)F)n(-c3ccc(C(F)(F)F)cc3C(F)(F)F)c2n1. The van der Waals surface area contributed by atoms with Crippen molar-refractivity contribution in [2.45, 2.75) is 25.5 Å². The van der Waals surface area contributed by atoms with Crippen LogP contribution in [0.3, 0.4) is 0 Å². The molecule has 5 aromatic rings. The fourth-order valence-electron chi connectivity index (χ4n) is 3.80. The first-order chi connectivity index (χ1) is 17.6. The van der Waals surface area contributed by atoms with Crippen molar-refractivity contribution in [2.75, 3.05) is 0 Å². The Morgan fingerprint density at radius 1 is 0.816 bits per heavy atom. The number of imidazole rings is 1. The van der Waals surface area contributed by atoms with Crippen molar-refractivity contribution in [3.05, 3.63) is 70.8 Å². The van der Waals surface area contributed by atoms with Gasteiger partial charge in [-0.2, -0.15) is 44.6 Å². The number of benzene rings is 1. The van der Waals surface area contributed by atoms with E-state index in [-0.39, 0.29) is 28.1 Å². The number of aryl methyl sites for hydroxylation is 1. The van der Waals surface area contributed by atoms with Crippen LogP contribution < -0.4 is 0 Å². The number of pyridine rings is 1. The van der Waals surface area contributed by atoms with E-state index in [0.717, 1.165) is 0 Å². The van der Waals surface area contributed by atoms with E-state index < -0.39 is 52.3 Å². The van der Waals surface area contributed by atoms with Gasteiger partial charge in [0.1, 0.15) is 16.2 Å². The fourth-order valence-corrected chi connectivity index (χ4v) is 4.40. The van der Waals surface area contributed by atoms with E-state index in [1.165, 1.54) is 47.5 Å². The van der Waals surface area contributed by atoms with Crippen LogP contribution in [0.4, 0.5) is 39.5 Å². The van der Waals surface area contributed by atoms with Gasteiger partial charge in [0.2, 0.25) is 5.82 Å². The van der Waals surface area contributed by atoms with Crippen LogP contribution in [0.15, 0.2) is 48.1 Å². The quantitative estimate of drug-likeness (QED) is 0.220. The maximum Gasteiger partial charge on any atom is 0.450 e. The number of alkyl halides is 9. The first-order valence-corrected chi connectivity index (χ1v) is 11.2. The van der Waals surface area contributed by atoms with Crippen molar-refractivity contribution in [1.29, 1.82) is 0 Å². The average molecular weight is 562 g/mol. The molecule has 5 rings (SSSR count). The number of hydrogen-bond donors (Lipinski definition) is 0. The van der Waals surface area contributed by atoms with Crippen LogP contribution in [0.2, 0.25) is 0 Å². The Bertz CT molecular complexity index is 1640. The van der Waals surface area contributed by atoms with Gasteiger partial charge in [-0.05, 0) is 37.3 Å². The Morgan fingerprint density at radius 3 is 2.16 bits per heavy atom. The fraction of sp³-hybridized carbons (Fsp3) is 0.182. The van der Waals surface area contributed by atoms with E-state index in [4.69, 9.17) is 0 Å². The Hall–Kier alpha value is -3.95. The number of halogens is 9. The van der Waals surface area contributed by atoms with Gasteiger partial charge in [0.15, 0.2) is 5.65 Å². The third-order valence-electron chi connectivity index (χ3n) is 5.33. The predicted octanol–water partition coefficient (Wildman–Crippen LogP) is 7.09. The zero-order valence-corrected chi connectivity index (χ0v) is 19.4. The molecule has 0 saturated heterocycles. The van der Waals surface area contributed by atoms with Crippen LogP contribution in [0.5, 0.6) is 0 Å². The van der Waals surface area contributed by atoms with Crippen molar-refractivity contribution < 1.29 is 39.5 Å². The smallest absolute Gasteiger partial charge is 0.272 e. The highest BCUT2D eigenvalue weighted by molar-refractivity contribution is 7.13. The van der Waals surface area contributed by atoms with Crippen molar-refractivity contribution in [1.82, 2.24) is 29.3 Å². The lowest BCUT2D eigenvalue weighted by Crippen LogP contribution is -2.19. The van der Waals surface area contributed by atoms with E-state index >= 15 is 0 Å². The summed E-state index contributed by atoms with van der Waals surface area (Å²) in [6.45, 7) is 1.39. The third-order valence-corrected chi connectivity index (χ3v) is 6.13. The number of rotatable bonds is 3. The lowest BCUT2D eigenvalue weighted by molar-refractivity contribution is -0.148. The van der Waals surface area contributed by atoms with Crippen molar-refractivity contribution in [2.24, 2.45) is 0 Å². The summed E-state index contributed by atoms with van der Waals surface area (Å²) in [7, 11) is 0. The molecular formula is C22H11F9N6S.